The van der Waals surface area contributed by atoms with Gasteiger partial charge in [-0.25, -0.2) is 0 Å². The molecule has 424 valence electrons. The van der Waals surface area contributed by atoms with Gasteiger partial charge in [0, 0.05) is 13.8 Å². The molecule has 0 aromatic heterocycles. The van der Waals surface area contributed by atoms with Crippen molar-refractivity contribution in [1.82, 2.24) is 10.6 Å². The van der Waals surface area contributed by atoms with Crippen LogP contribution in [0.5, 0.6) is 0 Å². The molecule has 6 saturated heterocycles. The minimum atomic E-state index is -2.15. The van der Waals surface area contributed by atoms with Gasteiger partial charge in [-0.1, -0.05) is 0 Å². The smallest absolute Gasteiger partial charge is 0.217 e. The number of hydrogen-bond donors (Lipinski definition) is 20. The molecule has 30 atom stereocenters. The number of rotatable bonds is 18. The number of nitrogens with one attached hydrogen (secondary N) is 2. The van der Waals surface area contributed by atoms with Crippen LogP contribution in [-0.2, 0) is 61.7 Å². The Morgan fingerprint density at radius 3 is 1.27 bits per heavy atom. The highest BCUT2D eigenvalue weighted by molar-refractivity contribution is 5.73. The van der Waals surface area contributed by atoms with Gasteiger partial charge < -0.3 is 155 Å². The lowest BCUT2D eigenvalue weighted by atomic mass is 9.94. The zero-order chi connectivity index (χ0) is 53.9. The molecule has 0 aliphatic carbocycles. The Hall–Kier alpha value is -2.22. The Morgan fingerprint density at radius 1 is 0.356 bits per heavy atom. The van der Waals surface area contributed by atoms with Gasteiger partial charge in [-0.15, -0.1) is 0 Å². The van der Waals surface area contributed by atoms with Crippen molar-refractivity contribution < 1.29 is 154 Å². The number of hydrogen-bond acceptors (Lipinski definition) is 31. The highest BCUT2D eigenvalue weighted by atomic mass is 16.8. The Bertz CT molecular complexity index is 1750. The first-order valence-corrected chi connectivity index (χ1v) is 23.1. The van der Waals surface area contributed by atoms with Crippen LogP contribution in [-0.4, -0.2) is 327 Å². The molecule has 0 aromatic rings. The number of aliphatic hydroxyl groups is 18. The summed E-state index contributed by atoms with van der Waals surface area (Å²) in [4.78, 5) is 24.2. The molecule has 33 heteroatoms. The van der Waals surface area contributed by atoms with E-state index in [4.69, 9.17) is 52.1 Å². The zero-order valence-electron chi connectivity index (χ0n) is 38.9. The Kier molecular flexibility index (Phi) is 21.3. The maximum absolute atomic E-state index is 12.4. The summed E-state index contributed by atoms with van der Waals surface area (Å²) in [6.07, 6.45) is -52.9. The van der Waals surface area contributed by atoms with Crippen molar-refractivity contribution in [3.63, 3.8) is 0 Å². The molecule has 0 bridgehead atoms. The maximum Gasteiger partial charge on any atom is 0.217 e. The molecule has 6 rings (SSSR count). The van der Waals surface area contributed by atoms with Crippen LogP contribution in [0.25, 0.3) is 0 Å². The minimum Gasteiger partial charge on any atom is -0.394 e. The average Bonchev–Trinajstić information content (AvgIpc) is 3.35. The van der Waals surface area contributed by atoms with E-state index >= 15 is 0 Å². The van der Waals surface area contributed by atoms with Gasteiger partial charge in [-0.05, 0) is 0 Å². The van der Waals surface area contributed by atoms with Gasteiger partial charge in [-0.2, -0.15) is 0 Å². The quantitative estimate of drug-likeness (QED) is 0.0606. The summed E-state index contributed by atoms with van der Waals surface area (Å²) >= 11 is 0. The monoisotopic (exact) mass is 1070 g/mol. The topological polar surface area (TPSA) is 524 Å². The van der Waals surface area contributed by atoms with Crippen LogP contribution in [0.1, 0.15) is 13.8 Å². The third-order valence-electron chi connectivity index (χ3n) is 13.2. The van der Waals surface area contributed by atoms with Crippen molar-refractivity contribution in [3.8, 4) is 0 Å². The van der Waals surface area contributed by atoms with Crippen LogP contribution in [0.3, 0.4) is 0 Å². The van der Waals surface area contributed by atoms with E-state index in [0.29, 0.717) is 0 Å². The first-order valence-electron chi connectivity index (χ1n) is 23.1. The van der Waals surface area contributed by atoms with Gasteiger partial charge in [-0.3, -0.25) is 9.59 Å². The lowest BCUT2D eigenvalue weighted by molar-refractivity contribution is -0.391. The molecule has 73 heavy (non-hydrogen) atoms. The van der Waals surface area contributed by atoms with E-state index < -0.39 is 236 Å². The Morgan fingerprint density at radius 2 is 0.740 bits per heavy atom. The highest BCUT2D eigenvalue weighted by Crippen LogP contribution is 2.36. The third kappa shape index (κ3) is 13.0. The van der Waals surface area contributed by atoms with Crippen LogP contribution < -0.4 is 10.6 Å². The van der Waals surface area contributed by atoms with E-state index in [0.717, 1.165) is 13.8 Å². The van der Waals surface area contributed by atoms with Crippen molar-refractivity contribution >= 4 is 11.8 Å². The number of aliphatic hydroxyl groups excluding tert-OH is 18. The molecule has 33 nitrogen and oxygen atoms in total. The fourth-order valence-electron chi connectivity index (χ4n) is 9.20. The van der Waals surface area contributed by atoms with Gasteiger partial charge in [0.05, 0.1) is 39.6 Å². The summed E-state index contributed by atoms with van der Waals surface area (Å²) in [5.74, 6) is -1.50. The van der Waals surface area contributed by atoms with Gasteiger partial charge >= 0.3 is 0 Å². The molecule has 0 aromatic carbocycles. The largest absolute Gasteiger partial charge is 0.394 e. The highest BCUT2D eigenvalue weighted by Gasteiger charge is 2.57. The fourth-order valence-corrected chi connectivity index (χ4v) is 9.20. The Balaban J connectivity index is 1.16. The molecule has 6 heterocycles. The zero-order valence-corrected chi connectivity index (χ0v) is 38.9. The maximum atomic E-state index is 12.4. The average molecular weight is 1070 g/mol. The molecule has 0 saturated carbocycles. The van der Waals surface area contributed by atoms with Crippen molar-refractivity contribution in [1.29, 1.82) is 0 Å². The van der Waals surface area contributed by atoms with E-state index in [9.17, 15) is 102 Å². The summed E-state index contributed by atoms with van der Waals surface area (Å²) in [6.45, 7) is -3.50. The molecule has 6 aliphatic rings. The van der Waals surface area contributed by atoms with E-state index in [1.807, 2.05) is 0 Å². The molecular weight excluding hydrogens is 1000 g/mol. The van der Waals surface area contributed by atoms with E-state index in [-0.39, 0.29) is 0 Å². The summed E-state index contributed by atoms with van der Waals surface area (Å²) in [7, 11) is 0. The number of carbonyl (C=O) groups excluding carboxylic acids is 2. The predicted molar refractivity (Wildman–Crippen MR) is 222 cm³/mol. The van der Waals surface area contributed by atoms with E-state index in [1.165, 1.54) is 0 Å². The summed E-state index contributed by atoms with van der Waals surface area (Å²) in [5.41, 5.74) is 0. The molecule has 0 unspecified atom stereocenters. The lowest BCUT2D eigenvalue weighted by Gasteiger charge is -2.49. The molecule has 2 amide bonds. The van der Waals surface area contributed by atoms with Crippen LogP contribution in [0.15, 0.2) is 0 Å². The standard InChI is InChI=1S/C40H68N2O31/c1-9(48)41-17-23(54)31(14(6-46)64-35(17)62)70-36-18(42-10(2)49)24(55)32(15(7-47)68-36)71-39-29(60)26(57)21(52)16(69-39)8-63-37-30(61)33(22(53)13(5-45)65-37)72-40-34(27(58)20(51)12(4-44)67-40)73-38-28(59)25(56)19(50)11(3-43)66-38/h11-40,43-47,50-62H,3-8H2,1-2H3,(H,41,48)(H,42,49)/t11-,12-,13-,14-,15-,16-,17-,18-,19-,20-,21-,22-,23-,24-,25+,26+,27+,28+,29+,30+,31-,32-,33+,34+,35-,36+,37+,38-,39+,40-/m1/s1. The lowest BCUT2D eigenvalue weighted by Crippen LogP contribution is -2.70. The second-order valence-electron chi connectivity index (χ2n) is 18.3. The van der Waals surface area contributed by atoms with Crippen LogP contribution >= 0.6 is 0 Å². The van der Waals surface area contributed by atoms with Gasteiger partial charge in [0.15, 0.2) is 37.7 Å². The predicted octanol–water partition coefficient (Wildman–Crippen LogP) is -13.8. The van der Waals surface area contributed by atoms with Crippen molar-refractivity contribution in [2.45, 2.75) is 198 Å². The van der Waals surface area contributed by atoms with Crippen LogP contribution in [0, 0.1) is 0 Å². The van der Waals surface area contributed by atoms with Gasteiger partial charge in [0.25, 0.3) is 0 Å². The molecule has 6 fully saturated rings. The molecule has 6 aliphatic heterocycles. The second-order valence-corrected chi connectivity index (χ2v) is 18.3. The van der Waals surface area contributed by atoms with Crippen LogP contribution in [0.4, 0.5) is 0 Å². The van der Waals surface area contributed by atoms with Gasteiger partial charge in [0.2, 0.25) is 11.8 Å². The third-order valence-corrected chi connectivity index (χ3v) is 13.2. The number of carbonyl (C=O) groups is 2. The number of amides is 2. The minimum absolute atomic E-state index is 0.699. The van der Waals surface area contributed by atoms with Crippen LogP contribution in [0.2, 0.25) is 0 Å². The first-order chi connectivity index (χ1) is 34.5. The summed E-state index contributed by atoms with van der Waals surface area (Å²) in [5, 5.41) is 196. The molecule has 20 N–H and O–H groups in total. The SMILES string of the molecule is CC(=O)N[C@@H]1[C@@H](O)[C@H](O[C@@H]2O[C@H](CO)[C@@H](O[C@@H]3O[C@H](CO[C@H]4O[C@H](CO)[C@@H](O)[C@H](O[C@H]5O[C@H](CO)[C@@H](O)[C@H](O)[C@@H]5O[C@H]5O[C@H](CO)[C@@H](O)[C@H](O)[C@@H]5O)[C@@H]4O)[C@@H](O)[C@H](O)[C@@H]3O)[C@H](O)[C@H]2NC(C)=O)[C@@H](CO)O[C@H]1O. The first kappa shape index (κ1) is 60.0. The second kappa shape index (κ2) is 26.0. The van der Waals surface area contributed by atoms with E-state index in [2.05, 4.69) is 10.6 Å². The van der Waals surface area contributed by atoms with Gasteiger partial charge in [0.1, 0.15) is 146 Å². The molecule has 0 spiro atoms. The van der Waals surface area contributed by atoms with Crippen molar-refractivity contribution in [3.05, 3.63) is 0 Å². The number of ether oxygens (including phenoxy) is 11. The summed E-state index contributed by atoms with van der Waals surface area (Å²) < 4.78 is 62.3. The summed E-state index contributed by atoms with van der Waals surface area (Å²) in [6, 6.07) is -3.19. The van der Waals surface area contributed by atoms with Crippen molar-refractivity contribution in [2.24, 2.45) is 0 Å². The Labute approximate surface area is 413 Å². The van der Waals surface area contributed by atoms with Crippen molar-refractivity contribution in [2.75, 3.05) is 39.6 Å². The van der Waals surface area contributed by atoms with E-state index in [1.54, 1.807) is 0 Å². The molecule has 0 radical (unpaired) electrons. The fraction of sp³-hybridized carbons (Fsp3) is 0.950. The molecular formula is C40H68N2O31. The normalized spacial score (nSPS) is 49.8.